The summed E-state index contributed by atoms with van der Waals surface area (Å²) >= 11 is 0. The van der Waals surface area contributed by atoms with Gasteiger partial charge in [0.1, 0.15) is 12.4 Å². The van der Waals surface area contributed by atoms with E-state index in [9.17, 15) is 13.6 Å². The van der Waals surface area contributed by atoms with E-state index in [4.69, 9.17) is 4.74 Å². The summed E-state index contributed by atoms with van der Waals surface area (Å²) in [6.07, 6.45) is 0. The Labute approximate surface area is 162 Å². The number of carbonyl (C=O) groups excluding carboxylic acids is 1. The predicted octanol–water partition coefficient (Wildman–Crippen LogP) is 4.39. The molecule has 3 aromatic carbocycles. The van der Waals surface area contributed by atoms with E-state index >= 15 is 0 Å². The fourth-order valence-electron chi connectivity index (χ4n) is 2.58. The molecule has 0 aromatic heterocycles. The highest BCUT2D eigenvalue weighted by Gasteiger charge is 2.07. The lowest BCUT2D eigenvalue weighted by Crippen LogP contribution is -2.23. The van der Waals surface area contributed by atoms with Crippen molar-refractivity contribution in [1.82, 2.24) is 5.32 Å². The van der Waals surface area contributed by atoms with Gasteiger partial charge in [-0.2, -0.15) is 0 Å². The molecule has 0 aliphatic heterocycles. The van der Waals surface area contributed by atoms with Crippen LogP contribution in [0.5, 0.6) is 5.75 Å². The van der Waals surface area contributed by atoms with Crippen molar-refractivity contribution >= 4 is 11.6 Å². The number of ether oxygens (including phenoxy) is 1. The Kier molecular flexibility index (Phi) is 6.57. The number of anilines is 1. The SMILES string of the molecule is O=C(NCc1ccccc1F)c1ccc(NCCOc2ccccc2F)cc1. The van der Waals surface area contributed by atoms with E-state index in [2.05, 4.69) is 10.6 Å². The van der Waals surface area contributed by atoms with Crippen LogP contribution in [0.25, 0.3) is 0 Å². The first-order valence-corrected chi connectivity index (χ1v) is 8.86. The predicted molar refractivity (Wildman–Crippen MR) is 104 cm³/mol. The number of nitrogens with one attached hydrogen (secondary N) is 2. The molecule has 3 aromatic rings. The van der Waals surface area contributed by atoms with Crippen LogP contribution in [0.2, 0.25) is 0 Å². The van der Waals surface area contributed by atoms with Crippen LogP contribution in [0.1, 0.15) is 15.9 Å². The molecule has 4 nitrogen and oxygen atoms in total. The number of halogens is 2. The molecule has 6 heteroatoms. The fourth-order valence-corrected chi connectivity index (χ4v) is 2.58. The number of amides is 1. The summed E-state index contributed by atoms with van der Waals surface area (Å²) in [6, 6.07) is 19.4. The lowest BCUT2D eigenvalue weighted by Gasteiger charge is -2.10. The van der Waals surface area contributed by atoms with E-state index in [1.165, 1.54) is 12.1 Å². The van der Waals surface area contributed by atoms with Gasteiger partial charge >= 0.3 is 0 Å². The van der Waals surface area contributed by atoms with Crippen molar-refractivity contribution < 1.29 is 18.3 Å². The first kappa shape index (κ1) is 19.4. The normalized spacial score (nSPS) is 10.4. The van der Waals surface area contributed by atoms with E-state index in [1.807, 2.05) is 0 Å². The minimum Gasteiger partial charge on any atom is -0.489 e. The summed E-state index contributed by atoms with van der Waals surface area (Å²) in [5, 5.41) is 5.83. The van der Waals surface area contributed by atoms with Crippen LogP contribution in [-0.2, 0) is 6.54 Å². The zero-order valence-electron chi connectivity index (χ0n) is 15.1. The Morgan fingerprint density at radius 2 is 1.54 bits per heavy atom. The molecule has 0 unspecified atom stereocenters. The molecule has 0 saturated heterocycles. The third kappa shape index (κ3) is 5.30. The molecule has 1 amide bonds. The monoisotopic (exact) mass is 382 g/mol. The molecule has 28 heavy (non-hydrogen) atoms. The first-order chi connectivity index (χ1) is 13.6. The van der Waals surface area contributed by atoms with E-state index in [1.54, 1.807) is 60.7 Å². The number of benzene rings is 3. The Hall–Kier alpha value is -3.41. The summed E-state index contributed by atoms with van der Waals surface area (Å²) in [6.45, 7) is 0.901. The zero-order chi connectivity index (χ0) is 19.8. The minimum absolute atomic E-state index is 0.124. The minimum atomic E-state index is -0.395. The Balaban J connectivity index is 1.44. The molecule has 0 fully saturated rings. The lowest BCUT2D eigenvalue weighted by molar-refractivity contribution is 0.0950. The van der Waals surface area contributed by atoms with Crippen LogP contribution in [0.4, 0.5) is 14.5 Å². The van der Waals surface area contributed by atoms with Crippen molar-refractivity contribution in [3.8, 4) is 5.75 Å². The van der Waals surface area contributed by atoms with Crippen LogP contribution < -0.4 is 15.4 Å². The van der Waals surface area contributed by atoms with Crippen molar-refractivity contribution in [2.75, 3.05) is 18.5 Å². The molecule has 0 heterocycles. The number of hydrogen-bond acceptors (Lipinski definition) is 3. The highest BCUT2D eigenvalue weighted by molar-refractivity contribution is 5.94. The van der Waals surface area contributed by atoms with E-state index in [-0.39, 0.29) is 24.0 Å². The van der Waals surface area contributed by atoms with Gasteiger partial charge in [-0.25, -0.2) is 8.78 Å². The number of rotatable bonds is 8. The molecular weight excluding hydrogens is 362 g/mol. The fraction of sp³-hybridized carbons (Fsp3) is 0.136. The summed E-state index contributed by atoms with van der Waals surface area (Å²) in [5.74, 6) is -0.808. The van der Waals surface area contributed by atoms with Gasteiger partial charge in [0, 0.05) is 29.9 Å². The Morgan fingerprint density at radius 1 is 0.857 bits per heavy atom. The molecule has 0 atom stereocenters. The van der Waals surface area contributed by atoms with Crippen molar-refractivity contribution in [1.29, 1.82) is 0 Å². The van der Waals surface area contributed by atoms with E-state index < -0.39 is 5.82 Å². The van der Waals surface area contributed by atoms with E-state index in [0.29, 0.717) is 24.3 Å². The van der Waals surface area contributed by atoms with Gasteiger partial charge in [-0.3, -0.25) is 4.79 Å². The van der Waals surface area contributed by atoms with Crippen molar-refractivity contribution in [3.05, 3.63) is 95.6 Å². The van der Waals surface area contributed by atoms with Crippen molar-refractivity contribution in [2.24, 2.45) is 0 Å². The Morgan fingerprint density at radius 3 is 2.25 bits per heavy atom. The highest BCUT2D eigenvalue weighted by Crippen LogP contribution is 2.15. The van der Waals surface area contributed by atoms with Gasteiger partial charge in [0.2, 0.25) is 0 Å². The van der Waals surface area contributed by atoms with Crippen LogP contribution in [-0.4, -0.2) is 19.1 Å². The molecule has 144 valence electrons. The molecule has 0 spiro atoms. The maximum absolute atomic E-state index is 13.6. The molecule has 0 aliphatic carbocycles. The number of para-hydroxylation sites is 1. The van der Waals surface area contributed by atoms with Crippen LogP contribution in [0, 0.1) is 11.6 Å². The average molecular weight is 382 g/mol. The van der Waals surface area contributed by atoms with Gasteiger partial charge in [-0.1, -0.05) is 30.3 Å². The third-order valence-electron chi connectivity index (χ3n) is 4.07. The number of carbonyl (C=O) groups is 1. The summed E-state index contributed by atoms with van der Waals surface area (Å²) in [5.41, 5.74) is 1.72. The second-order valence-electron chi connectivity index (χ2n) is 6.06. The van der Waals surface area contributed by atoms with Gasteiger partial charge in [-0.05, 0) is 42.5 Å². The largest absolute Gasteiger partial charge is 0.489 e. The first-order valence-electron chi connectivity index (χ1n) is 8.86. The summed E-state index contributed by atoms with van der Waals surface area (Å²) < 4.78 is 32.4. The standard InChI is InChI=1S/C22H20F2N2O2/c23-19-6-2-1-5-17(19)15-26-22(27)16-9-11-18(12-10-16)25-13-14-28-21-8-4-3-7-20(21)24/h1-12,25H,13-15H2,(H,26,27). The van der Waals surface area contributed by atoms with Crippen LogP contribution >= 0.6 is 0 Å². The molecule has 2 N–H and O–H groups in total. The molecule has 3 rings (SSSR count). The quantitative estimate of drug-likeness (QED) is 0.568. The molecular formula is C22H20F2N2O2. The maximum atomic E-state index is 13.6. The molecule has 0 saturated carbocycles. The second kappa shape index (κ2) is 9.50. The van der Waals surface area contributed by atoms with Gasteiger partial charge in [-0.15, -0.1) is 0 Å². The Bertz CT molecular complexity index is 930. The summed E-state index contributed by atoms with van der Waals surface area (Å²) in [7, 11) is 0. The van der Waals surface area contributed by atoms with Gasteiger partial charge < -0.3 is 15.4 Å². The van der Waals surface area contributed by atoms with E-state index in [0.717, 1.165) is 5.69 Å². The second-order valence-corrected chi connectivity index (χ2v) is 6.06. The molecule has 0 radical (unpaired) electrons. The van der Waals surface area contributed by atoms with Crippen LogP contribution in [0.3, 0.4) is 0 Å². The maximum Gasteiger partial charge on any atom is 0.251 e. The van der Waals surface area contributed by atoms with Crippen molar-refractivity contribution in [2.45, 2.75) is 6.54 Å². The van der Waals surface area contributed by atoms with Gasteiger partial charge in [0.25, 0.3) is 5.91 Å². The average Bonchev–Trinajstić information content (AvgIpc) is 2.72. The number of hydrogen-bond donors (Lipinski definition) is 2. The molecule has 0 bridgehead atoms. The topological polar surface area (TPSA) is 50.4 Å². The smallest absolute Gasteiger partial charge is 0.251 e. The highest BCUT2D eigenvalue weighted by atomic mass is 19.1. The van der Waals surface area contributed by atoms with Gasteiger partial charge in [0.15, 0.2) is 11.6 Å². The van der Waals surface area contributed by atoms with Gasteiger partial charge in [0.05, 0.1) is 0 Å². The third-order valence-corrected chi connectivity index (χ3v) is 4.07. The van der Waals surface area contributed by atoms with Crippen molar-refractivity contribution in [3.63, 3.8) is 0 Å². The lowest BCUT2D eigenvalue weighted by atomic mass is 10.1. The zero-order valence-corrected chi connectivity index (χ0v) is 15.1. The molecule has 0 aliphatic rings. The summed E-state index contributed by atoms with van der Waals surface area (Å²) in [4.78, 5) is 12.2. The van der Waals surface area contributed by atoms with Crippen LogP contribution in [0.15, 0.2) is 72.8 Å².